The largest absolute Gasteiger partial charge is 0.454 e. The Balaban J connectivity index is 1.13. The molecule has 2 unspecified atom stereocenters. The molecule has 0 saturated carbocycles. The van der Waals surface area contributed by atoms with E-state index in [4.69, 9.17) is 24.4 Å². The van der Waals surface area contributed by atoms with Gasteiger partial charge in [0.05, 0.1) is 5.52 Å². The van der Waals surface area contributed by atoms with Crippen molar-refractivity contribution >= 4 is 32.8 Å². The number of allylic oxidation sites excluding steroid dienone is 6. The number of fused-ring (bicyclic) bond motifs is 6. The number of nitrogens with zero attached hydrogens (tertiary/aromatic N) is 4. The first-order valence-corrected chi connectivity index (χ1v) is 18.3. The normalized spacial score (nSPS) is 19.5. The fraction of sp³-hybridized carbons (Fsp3) is 0.125. The smallest absolute Gasteiger partial charge is 0.164 e. The maximum absolute atomic E-state index is 6.74. The van der Waals surface area contributed by atoms with Crippen LogP contribution in [0.5, 0.6) is 0 Å². The monoisotopic (exact) mass is 684 g/mol. The van der Waals surface area contributed by atoms with Gasteiger partial charge in [-0.15, -0.1) is 0 Å². The maximum atomic E-state index is 6.74. The van der Waals surface area contributed by atoms with Gasteiger partial charge in [-0.2, -0.15) is 0 Å². The Kier molecular flexibility index (Phi) is 7.12. The van der Waals surface area contributed by atoms with Crippen molar-refractivity contribution in [2.75, 3.05) is 0 Å². The molecule has 5 heteroatoms. The maximum Gasteiger partial charge on any atom is 0.164 e. The lowest BCUT2D eigenvalue weighted by atomic mass is 9.62. The summed E-state index contributed by atoms with van der Waals surface area (Å²) in [6.07, 6.45) is 13.6. The minimum Gasteiger partial charge on any atom is -0.454 e. The summed E-state index contributed by atoms with van der Waals surface area (Å²) in [6.45, 7) is 4.74. The van der Waals surface area contributed by atoms with Crippen LogP contribution in [0, 0.1) is 5.41 Å². The minimum absolute atomic E-state index is 0.0710. The summed E-state index contributed by atoms with van der Waals surface area (Å²) in [6, 6.07) is 43.4. The van der Waals surface area contributed by atoms with Gasteiger partial charge in [-0.05, 0) is 36.1 Å². The zero-order valence-electron chi connectivity index (χ0n) is 29.6. The lowest BCUT2D eigenvalue weighted by molar-refractivity contribution is 0.361. The summed E-state index contributed by atoms with van der Waals surface area (Å²) >= 11 is 0. The van der Waals surface area contributed by atoms with Crippen LogP contribution in [-0.4, -0.2) is 19.9 Å². The number of para-hydroxylation sites is 1. The molecule has 10 rings (SSSR count). The average molecular weight is 685 g/mol. The highest BCUT2D eigenvalue weighted by Gasteiger charge is 2.39. The van der Waals surface area contributed by atoms with Gasteiger partial charge in [-0.1, -0.05) is 159 Å². The molecule has 3 aromatic heterocycles. The van der Waals surface area contributed by atoms with Crippen LogP contribution in [0.3, 0.4) is 0 Å². The van der Waals surface area contributed by atoms with E-state index in [1.807, 2.05) is 66.7 Å². The van der Waals surface area contributed by atoms with E-state index >= 15 is 0 Å². The van der Waals surface area contributed by atoms with Crippen LogP contribution >= 0.6 is 0 Å². The van der Waals surface area contributed by atoms with E-state index in [1.54, 1.807) is 0 Å². The van der Waals surface area contributed by atoms with Crippen molar-refractivity contribution in [3.63, 3.8) is 0 Å². The van der Waals surface area contributed by atoms with E-state index in [0.717, 1.165) is 73.6 Å². The second-order valence-corrected chi connectivity index (χ2v) is 14.7. The Morgan fingerprint density at radius 2 is 1.13 bits per heavy atom. The van der Waals surface area contributed by atoms with E-state index < -0.39 is 0 Å². The van der Waals surface area contributed by atoms with Gasteiger partial charge in [0.2, 0.25) is 0 Å². The molecule has 3 heterocycles. The van der Waals surface area contributed by atoms with Crippen molar-refractivity contribution in [3.8, 4) is 45.4 Å². The predicted molar refractivity (Wildman–Crippen MR) is 215 cm³/mol. The van der Waals surface area contributed by atoms with Crippen LogP contribution in [-0.2, 0) is 5.41 Å². The van der Waals surface area contributed by atoms with Crippen molar-refractivity contribution in [3.05, 3.63) is 169 Å². The van der Waals surface area contributed by atoms with Crippen molar-refractivity contribution in [1.82, 2.24) is 19.9 Å². The first kappa shape index (κ1) is 31.3. The van der Waals surface area contributed by atoms with Crippen molar-refractivity contribution < 1.29 is 4.42 Å². The molecule has 0 radical (unpaired) electrons. The molecule has 0 N–H and O–H groups in total. The Morgan fingerprint density at radius 1 is 0.528 bits per heavy atom. The molecule has 2 atom stereocenters. The molecule has 0 fully saturated rings. The molecular weight excluding hydrogens is 649 g/mol. The van der Waals surface area contributed by atoms with Crippen LogP contribution in [0.4, 0.5) is 0 Å². The van der Waals surface area contributed by atoms with E-state index in [-0.39, 0.29) is 10.8 Å². The third-order valence-corrected chi connectivity index (χ3v) is 11.2. The molecule has 0 saturated heterocycles. The van der Waals surface area contributed by atoms with Crippen LogP contribution in [0.1, 0.15) is 32.3 Å². The molecule has 5 nitrogen and oxygen atoms in total. The van der Waals surface area contributed by atoms with Gasteiger partial charge in [0.15, 0.2) is 23.1 Å². The summed E-state index contributed by atoms with van der Waals surface area (Å²) in [4.78, 5) is 20.1. The molecule has 5 aromatic carbocycles. The second-order valence-electron chi connectivity index (χ2n) is 14.7. The van der Waals surface area contributed by atoms with Crippen LogP contribution in [0.15, 0.2) is 168 Å². The minimum atomic E-state index is -0.165. The fourth-order valence-electron chi connectivity index (χ4n) is 8.22. The molecule has 0 aliphatic heterocycles. The van der Waals surface area contributed by atoms with Crippen molar-refractivity contribution in [2.45, 2.75) is 32.1 Å². The zero-order valence-corrected chi connectivity index (χ0v) is 29.6. The van der Waals surface area contributed by atoms with Gasteiger partial charge in [-0.3, -0.25) is 0 Å². The molecule has 0 amide bonds. The van der Waals surface area contributed by atoms with E-state index in [1.165, 1.54) is 11.1 Å². The number of furan rings is 1. The van der Waals surface area contributed by atoms with Crippen LogP contribution < -0.4 is 0 Å². The van der Waals surface area contributed by atoms with Gasteiger partial charge < -0.3 is 4.42 Å². The van der Waals surface area contributed by atoms with Gasteiger partial charge >= 0.3 is 0 Å². The molecular formula is C48H36N4O. The van der Waals surface area contributed by atoms with E-state index in [2.05, 4.69) is 105 Å². The van der Waals surface area contributed by atoms with Gasteiger partial charge in [0, 0.05) is 49.2 Å². The highest BCUT2D eigenvalue weighted by molar-refractivity contribution is 6.22. The average Bonchev–Trinajstić information content (AvgIpc) is 3.61. The Labute approximate surface area is 308 Å². The molecule has 2 aliphatic carbocycles. The van der Waals surface area contributed by atoms with Crippen molar-refractivity contribution in [2.24, 2.45) is 5.41 Å². The molecule has 8 aromatic rings. The first-order chi connectivity index (χ1) is 26.0. The lowest BCUT2D eigenvalue weighted by Gasteiger charge is -2.42. The van der Waals surface area contributed by atoms with Crippen molar-refractivity contribution in [1.29, 1.82) is 0 Å². The highest BCUT2D eigenvalue weighted by atomic mass is 16.3. The summed E-state index contributed by atoms with van der Waals surface area (Å²) in [7, 11) is 0. The fourth-order valence-corrected chi connectivity index (χ4v) is 8.22. The number of hydrogen-bond donors (Lipinski definition) is 0. The predicted octanol–water partition coefficient (Wildman–Crippen LogP) is 12.1. The Hall–Kier alpha value is -6.46. The van der Waals surface area contributed by atoms with Gasteiger partial charge in [0.25, 0.3) is 0 Å². The topological polar surface area (TPSA) is 64.7 Å². The molecule has 53 heavy (non-hydrogen) atoms. The Morgan fingerprint density at radius 3 is 1.83 bits per heavy atom. The number of benzene rings is 5. The standard InChI is InChI=1S/C48H36N4O/c1-47-27-12-11-18-35(47)30-48(2,29-28-47)37-20-13-21-38-41(37)40-36-19-9-10-22-39(36)53-43(40)42(49-38)31-23-25-34(26-24-31)46-51-44(32-14-5-3-6-15-32)50-45(52-46)33-16-7-4-8-17-33/h3-27,30H,28-29H2,1-2H3. The third kappa shape index (κ3) is 5.23. The molecule has 0 bridgehead atoms. The summed E-state index contributed by atoms with van der Waals surface area (Å²) < 4.78 is 6.74. The highest BCUT2D eigenvalue weighted by Crippen LogP contribution is 2.51. The number of aromatic nitrogens is 4. The van der Waals surface area contributed by atoms with Gasteiger partial charge in [0.1, 0.15) is 11.3 Å². The molecule has 2 aliphatic rings. The number of rotatable bonds is 5. The quantitative estimate of drug-likeness (QED) is 0.181. The second kappa shape index (κ2) is 12.1. The van der Waals surface area contributed by atoms with E-state index in [9.17, 15) is 0 Å². The Bertz CT molecular complexity index is 2740. The molecule has 0 spiro atoms. The SMILES string of the molecule is CC12C=CC=CC1=CC(C)(c1cccc3nc(-c4ccc(-c5nc(-c6ccccc6)nc(-c6ccccc6)n5)cc4)c4oc5ccccc5c4c13)CC2. The van der Waals surface area contributed by atoms with Crippen LogP contribution in [0.2, 0.25) is 0 Å². The van der Waals surface area contributed by atoms with Crippen LogP contribution in [0.25, 0.3) is 78.3 Å². The summed E-state index contributed by atoms with van der Waals surface area (Å²) in [5.41, 5.74) is 9.76. The number of pyridine rings is 1. The summed E-state index contributed by atoms with van der Waals surface area (Å²) in [5.74, 6) is 1.89. The van der Waals surface area contributed by atoms with Gasteiger partial charge in [-0.25, -0.2) is 19.9 Å². The zero-order chi connectivity index (χ0) is 35.6. The lowest BCUT2D eigenvalue weighted by Crippen LogP contribution is -2.32. The third-order valence-electron chi connectivity index (χ3n) is 11.2. The van der Waals surface area contributed by atoms with E-state index in [0.29, 0.717) is 17.5 Å². The number of hydrogen-bond acceptors (Lipinski definition) is 5. The summed E-state index contributed by atoms with van der Waals surface area (Å²) in [5, 5.41) is 3.38. The molecule has 254 valence electrons. The first-order valence-electron chi connectivity index (χ1n) is 18.3.